The van der Waals surface area contributed by atoms with Gasteiger partial charge in [-0.05, 0) is 31.0 Å². The first kappa shape index (κ1) is 15.5. The molecule has 0 atom stereocenters. The molecule has 2 aromatic rings. The Bertz CT molecular complexity index is 901. The average molecular weight is 331 g/mol. The van der Waals surface area contributed by atoms with E-state index in [1.807, 2.05) is 6.07 Å². The highest BCUT2D eigenvalue weighted by Crippen LogP contribution is 2.22. The average Bonchev–Trinajstić information content (AvgIpc) is 2.80. The van der Waals surface area contributed by atoms with Crippen LogP contribution in [0.25, 0.3) is 0 Å². The molecule has 3 rings (SSSR count). The van der Waals surface area contributed by atoms with E-state index in [-0.39, 0.29) is 10.5 Å². The monoisotopic (exact) mass is 331 g/mol. The molecule has 0 saturated carbocycles. The van der Waals surface area contributed by atoms with Gasteiger partial charge >= 0.3 is 0 Å². The predicted octanol–water partition coefficient (Wildman–Crippen LogP) is 1.37. The van der Waals surface area contributed by atoms with Gasteiger partial charge < -0.3 is 4.57 Å². The zero-order chi connectivity index (χ0) is 16.3. The van der Waals surface area contributed by atoms with Crippen LogP contribution in [0.2, 0.25) is 0 Å². The summed E-state index contributed by atoms with van der Waals surface area (Å²) < 4.78 is 28.0. The highest BCUT2D eigenvalue weighted by Gasteiger charge is 2.29. The van der Waals surface area contributed by atoms with E-state index in [4.69, 9.17) is 0 Å². The Morgan fingerprint density at radius 2 is 1.83 bits per heavy atom. The van der Waals surface area contributed by atoms with E-state index in [1.54, 1.807) is 41.1 Å². The van der Waals surface area contributed by atoms with Crippen LogP contribution in [0.4, 0.5) is 0 Å². The summed E-state index contributed by atoms with van der Waals surface area (Å²) in [5.74, 6) is 0.400. The van der Waals surface area contributed by atoms with Gasteiger partial charge in [0.1, 0.15) is 5.84 Å². The zero-order valence-corrected chi connectivity index (χ0v) is 13.3. The van der Waals surface area contributed by atoms with Crippen LogP contribution in [0.15, 0.2) is 63.3 Å². The van der Waals surface area contributed by atoms with Gasteiger partial charge in [0.25, 0.3) is 10.0 Å². The van der Waals surface area contributed by atoms with E-state index >= 15 is 0 Å². The van der Waals surface area contributed by atoms with E-state index in [1.165, 1.54) is 6.07 Å². The SMILES string of the molecule is O=c1ccccn1CCCCN=C1NS(=O)(=O)c2ccccc21. The molecule has 0 unspecified atom stereocenters. The lowest BCUT2D eigenvalue weighted by Crippen LogP contribution is -2.22. The second-order valence-corrected chi connectivity index (χ2v) is 6.92. The number of amidine groups is 1. The lowest BCUT2D eigenvalue weighted by Gasteiger charge is -2.04. The van der Waals surface area contributed by atoms with E-state index in [9.17, 15) is 13.2 Å². The van der Waals surface area contributed by atoms with E-state index in [0.717, 1.165) is 12.8 Å². The fourth-order valence-electron chi connectivity index (χ4n) is 2.48. The number of pyridine rings is 1. The molecule has 0 aliphatic carbocycles. The minimum atomic E-state index is -3.47. The Morgan fingerprint density at radius 1 is 1.04 bits per heavy atom. The van der Waals surface area contributed by atoms with Crippen LogP contribution in [0, 0.1) is 0 Å². The van der Waals surface area contributed by atoms with Gasteiger partial charge in [-0.3, -0.25) is 14.5 Å². The van der Waals surface area contributed by atoms with Crippen LogP contribution in [-0.2, 0) is 16.6 Å². The molecular weight excluding hydrogens is 314 g/mol. The maximum atomic E-state index is 11.9. The van der Waals surface area contributed by atoms with Gasteiger partial charge in [0.05, 0.1) is 4.90 Å². The Balaban J connectivity index is 1.60. The second kappa shape index (κ2) is 6.37. The standard InChI is InChI=1S/C16H17N3O3S/c20-15-9-3-5-11-19(15)12-6-4-10-17-16-13-7-1-2-8-14(13)23(21,22)18-16/h1-3,5,7-9,11H,4,6,10,12H2,(H,17,18). The van der Waals surface area contributed by atoms with Crippen molar-refractivity contribution in [2.24, 2.45) is 4.99 Å². The van der Waals surface area contributed by atoms with Crippen LogP contribution >= 0.6 is 0 Å². The maximum Gasteiger partial charge on any atom is 0.263 e. The Labute approximate surface area is 134 Å². The Hall–Kier alpha value is -2.41. The van der Waals surface area contributed by atoms with Crippen LogP contribution in [-0.4, -0.2) is 25.4 Å². The van der Waals surface area contributed by atoms with Gasteiger partial charge in [-0.15, -0.1) is 0 Å². The van der Waals surface area contributed by atoms with E-state index in [0.29, 0.717) is 24.5 Å². The minimum Gasteiger partial charge on any atom is -0.316 e. The highest BCUT2D eigenvalue weighted by atomic mass is 32.2. The predicted molar refractivity (Wildman–Crippen MR) is 88.1 cm³/mol. The summed E-state index contributed by atoms with van der Waals surface area (Å²) in [5.41, 5.74) is 0.600. The summed E-state index contributed by atoms with van der Waals surface area (Å²) in [4.78, 5) is 16.2. The molecule has 2 heterocycles. The number of unbranched alkanes of at least 4 members (excludes halogenated alkanes) is 1. The van der Waals surface area contributed by atoms with Crippen molar-refractivity contribution >= 4 is 15.9 Å². The van der Waals surface area contributed by atoms with Gasteiger partial charge in [0.2, 0.25) is 5.56 Å². The third-order valence-corrected chi connectivity index (χ3v) is 5.04. The van der Waals surface area contributed by atoms with Gasteiger partial charge in [-0.2, -0.15) is 0 Å². The summed E-state index contributed by atoms with van der Waals surface area (Å²) in [6, 6.07) is 11.9. The number of hydrogen-bond donors (Lipinski definition) is 1. The van der Waals surface area contributed by atoms with Crippen molar-refractivity contribution in [1.82, 2.24) is 9.29 Å². The fourth-order valence-corrected chi connectivity index (χ4v) is 3.73. The molecule has 0 amide bonds. The molecule has 1 aliphatic rings. The number of sulfonamides is 1. The molecule has 1 N–H and O–H groups in total. The molecule has 120 valence electrons. The number of aryl methyl sites for hydroxylation is 1. The number of benzene rings is 1. The minimum absolute atomic E-state index is 0.0173. The molecule has 23 heavy (non-hydrogen) atoms. The summed E-state index contributed by atoms with van der Waals surface area (Å²) in [5, 5.41) is 0. The molecule has 7 heteroatoms. The first-order valence-electron chi connectivity index (χ1n) is 7.40. The van der Waals surface area contributed by atoms with Gasteiger partial charge in [-0.1, -0.05) is 18.2 Å². The van der Waals surface area contributed by atoms with Gasteiger partial charge in [-0.25, -0.2) is 8.42 Å². The smallest absolute Gasteiger partial charge is 0.263 e. The fraction of sp³-hybridized carbons (Fsp3) is 0.250. The van der Waals surface area contributed by atoms with Crippen molar-refractivity contribution in [3.05, 3.63) is 64.6 Å². The molecule has 1 aromatic heterocycles. The third-order valence-electron chi connectivity index (χ3n) is 3.64. The molecule has 0 spiro atoms. The number of hydrogen-bond acceptors (Lipinski definition) is 4. The molecular formula is C16H17N3O3S. The van der Waals surface area contributed by atoms with Crippen molar-refractivity contribution in [2.75, 3.05) is 6.54 Å². The normalized spacial score (nSPS) is 17.0. The number of nitrogens with one attached hydrogen (secondary N) is 1. The lowest BCUT2D eigenvalue weighted by atomic mass is 10.2. The number of rotatable bonds is 5. The number of aliphatic imine (C=N–C) groups is 1. The van der Waals surface area contributed by atoms with Crippen molar-refractivity contribution in [2.45, 2.75) is 24.3 Å². The summed E-state index contributed by atoms with van der Waals surface area (Å²) >= 11 is 0. The number of fused-ring (bicyclic) bond motifs is 1. The Kier molecular flexibility index (Phi) is 4.29. The van der Waals surface area contributed by atoms with Crippen LogP contribution in [0.1, 0.15) is 18.4 Å². The van der Waals surface area contributed by atoms with Crippen molar-refractivity contribution in [1.29, 1.82) is 0 Å². The quantitative estimate of drug-likeness (QED) is 0.840. The van der Waals surface area contributed by atoms with Crippen LogP contribution in [0.5, 0.6) is 0 Å². The topological polar surface area (TPSA) is 80.5 Å². The lowest BCUT2D eigenvalue weighted by molar-refractivity contribution is 0.594. The van der Waals surface area contributed by atoms with Crippen LogP contribution < -0.4 is 10.3 Å². The molecule has 0 saturated heterocycles. The van der Waals surface area contributed by atoms with Crippen molar-refractivity contribution in [3.63, 3.8) is 0 Å². The molecule has 0 bridgehead atoms. The van der Waals surface area contributed by atoms with E-state index < -0.39 is 10.0 Å². The second-order valence-electron chi connectivity index (χ2n) is 5.27. The summed E-state index contributed by atoms with van der Waals surface area (Å²) in [7, 11) is -3.47. The molecule has 1 aromatic carbocycles. The number of aromatic nitrogens is 1. The third kappa shape index (κ3) is 3.34. The zero-order valence-electron chi connectivity index (χ0n) is 12.5. The molecule has 1 aliphatic heterocycles. The first-order valence-corrected chi connectivity index (χ1v) is 8.88. The Morgan fingerprint density at radius 3 is 2.65 bits per heavy atom. The molecule has 0 radical (unpaired) electrons. The highest BCUT2D eigenvalue weighted by molar-refractivity contribution is 7.90. The van der Waals surface area contributed by atoms with Gasteiger partial charge in [0, 0.05) is 30.9 Å². The maximum absolute atomic E-state index is 11.9. The summed E-state index contributed by atoms with van der Waals surface area (Å²) in [6.07, 6.45) is 3.33. The number of nitrogens with zero attached hydrogens (tertiary/aromatic N) is 2. The van der Waals surface area contributed by atoms with Crippen LogP contribution in [0.3, 0.4) is 0 Å². The largest absolute Gasteiger partial charge is 0.316 e. The van der Waals surface area contributed by atoms with Crippen molar-refractivity contribution < 1.29 is 8.42 Å². The molecule has 6 nitrogen and oxygen atoms in total. The first-order chi connectivity index (χ1) is 11.1. The van der Waals surface area contributed by atoms with E-state index in [2.05, 4.69) is 9.71 Å². The molecule has 0 fully saturated rings. The summed E-state index contributed by atoms with van der Waals surface area (Å²) in [6.45, 7) is 1.14. The van der Waals surface area contributed by atoms with Gasteiger partial charge in [0.15, 0.2) is 0 Å². The van der Waals surface area contributed by atoms with Crippen molar-refractivity contribution in [3.8, 4) is 0 Å².